The third kappa shape index (κ3) is 8.03. The quantitative estimate of drug-likeness (QED) is 0.463. The summed E-state index contributed by atoms with van der Waals surface area (Å²) in [6.45, 7) is 3.74. The minimum absolute atomic E-state index is 0.177. The van der Waals surface area contributed by atoms with Gasteiger partial charge in [0.1, 0.15) is 6.04 Å². The Bertz CT molecular complexity index is 1250. The summed E-state index contributed by atoms with van der Waals surface area (Å²) in [6, 6.07) is 14.1. The molecule has 0 spiro atoms. The molecular weight excluding hydrogens is 536 g/mol. The predicted molar refractivity (Wildman–Crippen MR) is 155 cm³/mol. The maximum absolute atomic E-state index is 13.8. The number of primary amides is 1. The van der Waals surface area contributed by atoms with Crippen molar-refractivity contribution in [2.45, 2.75) is 51.0 Å². The molecule has 2 aromatic carbocycles. The second-order valence-electron chi connectivity index (χ2n) is 10.8. The first-order valence-corrected chi connectivity index (χ1v) is 16.0. The second kappa shape index (κ2) is 13.3. The summed E-state index contributed by atoms with van der Waals surface area (Å²) in [5.41, 5.74) is 7.80. The summed E-state index contributed by atoms with van der Waals surface area (Å²) in [7, 11) is -3.48. The molecule has 2 N–H and O–H groups in total. The lowest BCUT2D eigenvalue weighted by molar-refractivity contribution is -0.123. The highest BCUT2D eigenvalue weighted by molar-refractivity contribution is 7.88. The lowest BCUT2D eigenvalue weighted by atomic mass is 9.90. The number of carbonyl (C=O) groups is 2. The van der Waals surface area contributed by atoms with Gasteiger partial charge in [0, 0.05) is 29.4 Å². The van der Waals surface area contributed by atoms with E-state index in [-0.39, 0.29) is 5.91 Å². The molecule has 8 nitrogen and oxygen atoms in total. The van der Waals surface area contributed by atoms with Gasteiger partial charge in [-0.1, -0.05) is 36.2 Å². The van der Waals surface area contributed by atoms with Gasteiger partial charge in [0.2, 0.25) is 21.8 Å². The lowest BCUT2D eigenvalue weighted by Gasteiger charge is -2.37. The number of halogens is 1. The lowest BCUT2D eigenvalue weighted by Crippen LogP contribution is -2.53. The van der Waals surface area contributed by atoms with E-state index in [1.807, 2.05) is 24.3 Å². The van der Waals surface area contributed by atoms with Gasteiger partial charge in [-0.05, 0) is 100.0 Å². The van der Waals surface area contributed by atoms with E-state index in [2.05, 4.69) is 4.90 Å². The number of piperidine rings is 2. The van der Waals surface area contributed by atoms with Crippen LogP contribution in [0.3, 0.4) is 0 Å². The molecule has 0 bridgehead atoms. The molecule has 0 saturated carbocycles. The number of likely N-dealkylation sites (tertiary alicyclic amines) is 1. The summed E-state index contributed by atoms with van der Waals surface area (Å²) in [5, 5.41) is 0.542. The van der Waals surface area contributed by atoms with E-state index in [1.165, 1.54) is 16.1 Å². The van der Waals surface area contributed by atoms with E-state index >= 15 is 0 Å². The van der Waals surface area contributed by atoms with Crippen LogP contribution in [0.2, 0.25) is 5.02 Å². The smallest absolute Gasteiger partial charge is 0.248 e. The number of hydrogen-bond acceptors (Lipinski definition) is 5. The van der Waals surface area contributed by atoms with Gasteiger partial charge in [-0.25, -0.2) is 8.42 Å². The van der Waals surface area contributed by atoms with Gasteiger partial charge in [-0.15, -0.1) is 0 Å². The number of nitrogens with zero attached hydrogens (tertiary/aromatic N) is 3. The van der Waals surface area contributed by atoms with Crippen molar-refractivity contribution in [1.29, 1.82) is 0 Å². The molecule has 0 aromatic heterocycles. The highest BCUT2D eigenvalue weighted by Gasteiger charge is 2.37. The number of hydrogen-bond donors (Lipinski definition) is 1. The highest BCUT2D eigenvalue weighted by atomic mass is 35.5. The van der Waals surface area contributed by atoms with Crippen molar-refractivity contribution in [1.82, 2.24) is 9.21 Å². The molecule has 0 radical (unpaired) electrons. The SMILES string of the molecule is CS(=O)(=O)N1CCCCC1C(=O)N(CCCN1CCC(Cc2ccc(C(N)=O)cc2)CC1)c1cccc(Cl)c1. The average Bonchev–Trinajstić information content (AvgIpc) is 2.91. The largest absolute Gasteiger partial charge is 0.366 e. The number of rotatable bonds is 10. The number of sulfonamides is 1. The topological polar surface area (TPSA) is 104 Å². The summed E-state index contributed by atoms with van der Waals surface area (Å²) < 4.78 is 26.2. The second-order valence-corrected chi connectivity index (χ2v) is 13.1. The van der Waals surface area contributed by atoms with E-state index in [4.69, 9.17) is 17.3 Å². The van der Waals surface area contributed by atoms with Gasteiger partial charge in [-0.2, -0.15) is 4.31 Å². The molecule has 2 saturated heterocycles. The summed E-state index contributed by atoms with van der Waals surface area (Å²) >= 11 is 6.26. The van der Waals surface area contributed by atoms with Crippen LogP contribution in [0.25, 0.3) is 0 Å². The van der Waals surface area contributed by atoms with Gasteiger partial charge < -0.3 is 15.5 Å². The number of carbonyl (C=O) groups excluding carboxylic acids is 2. The molecule has 4 rings (SSSR count). The molecule has 2 aromatic rings. The van der Waals surface area contributed by atoms with E-state index in [0.29, 0.717) is 41.7 Å². The fourth-order valence-corrected chi connectivity index (χ4v) is 7.05. The summed E-state index contributed by atoms with van der Waals surface area (Å²) in [4.78, 5) is 29.2. The van der Waals surface area contributed by atoms with Crippen molar-refractivity contribution in [3.63, 3.8) is 0 Å². The van der Waals surface area contributed by atoms with Crippen molar-refractivity contribution in [2.75, 3.05) is 43.9 Å². The standard InChI is InChI=1S/C29H39ClN4O4S/c1-39(37,38)34-17-3-2-8-27(34)29(36)33(26-7-4-6-25(30)21-26)16-5-15-32-18-13-23(14-19-32)20-22-9-11-24(12-10-22)28(31)35/h4,6-7,9-12,21,23,27H,2-3,5,8,13-20H2,1H3,(H2,31,35). The van der Waals surface area contributed by atoms with Crippen LogP contribution in [0.15, 0.2) is 48.5 Å². The zero-order chi connectivity index (χ0) is 28.0. The maximum atomic E-state index is 13.8. The van der Waals surface area contributed by atoms with Crippen molar-refractivity contribution >= 4 is 39.1 Å². The van der Waals surface area contributed by atoms with Gasteiger partial charge in [-0.3, -0.25) is 9.59 Å². The van der Waals surface area contributed by atoms with Gasteiger partial charge in [0.15, 0.2) is 0 Å². The van der Waals surface area contributed by atoms with E-state index in [9.17, 15) is 18.0 Å². The van der Waals surface area contributed by atoms with Gasteiger partial charge in [0.25, 0.3) is 0 Å². The molecule has 2 amide bonds. The number of anilines is 1. The summed E-state index contributed by atoms with van der Waals surface area (Å²) in [6.07, 6.45) is 7.27. The third-order valence-electron chi connectivity index (χ3n) is 7.88. The Balaban J connectivity index is 1.33. The van der Waals surface area contributed by atoms with Crippen LogP contribution < -0.4 is 10.6 Å². The Hall–Kier alpha value is -2.46. The fraction of sp³-hybridized carbons (Fsp3) is 0.517. The van der Waals surface area contributed by atoms with Crippen LogP contribution >= 0.6 is 11.6 Å². The Labute approximate surface area is 237 Å². The molecular formula is C29H39ClN4O4S. The first-order valence-electron chi connectivity index (χ1n) is 13.8. The van der Waals surface area contributed by atoms with Crippen LogP contribution in [-0.4, -0.2) is 74.5 Å². The number of nitrogens with two attached hydrogens (primary N) is 1. The first-order chi connectivity index (χ1) is 18.6. The van der Waals surface area contributed by atoms with Crippen molar-refractivity contribution in [3.05, 3.63) is 64.7 Å². The van der Waals surface area contributed by atoms with E-state index < -0.39 is 22.0 Å². The van der Waals surface area contributed by atoms with Crippen molar-refractivity contribution in [3.8, 4) is 0 Å². The average molecular weight is 575 g/mol. The minimum Gasteiger partial charge on any atom is -0.366 e. The van der Waals surface area contributed by atoms with Crippen LogP contribution in [0.4, 0.5) is 5.69 Å². The molecule has 39 heavy (non-hydrogen) atoms. The van der Waals surface area contributed by atoms with Crippen LogP contribution in [0.1, 0.15) is 54.4 Å². The molecule has 2 aliphatic rings. The fourth-order valence-electron chi connectivity index (χ4n) is 5.74. The molecule has 2 fully saturated rings. The van der Waals surface area contributed by atoms with E-state index in [1.54, 1.807) is 29.2 Å². The molecule has 10 heteroatoms. The zero-order valence-corrected chi connectivity index (χ0v) is 24.2. The van der Waals surface area contributed by atoms with Crippen molar-refractivity contribution < 1.29 is 18.0 Å². The van der Waals surface area contributed by atoms with Crippen LogP contribution in [0, 0.1) is 5.92 Å². The molecule has 1 atom stereocenters. The predicted octanol–water partition coefficient (Wildman–Crippen LogP) is 3.93. The Morgan fingerprint density at radius 3 is 2.38 bits per heavy atom. The molecule has 2 heterocycles. The third-order valence-corrected chi connectivity index (χ3v) is 9.40. The molecule has 0 aliphatic carbocycles. The highest BCUT2D eigenvalue weighted by Crippen LogP contribution is 2.27. The number of amides is 2. The summed E-state index contributed by atoms with van der Waals surface area (Å²) in [5.74, 6) is 0.0129. The molecule has 2 aliphatic heterocycles. The Morgan fingerprint density at radius 2 is 1.74 bits per heavy atom. The van der Waals surface area contributed by atoms with E-state index in [0.717, 1.165) is 58.2 Å². The van der Waals surface area contributed by atoms with Crippen molar-refractivity contribution in [2.24, 2.45) is 11.7 Å². The first kappa shape index (κ1) is 29.5. The molecule has 212 valence electrons. The zero-order valence-electron chi connectivity index (χ0n) is 22.6. The van der Waals surface area contributed by atoms with Crippen LogP contribution in [-0.2, 0) is 21.2 Å². The van der Waals surface area contributed by atoms with Crippen LogP contribution in [0.5, 0.6) is 0 Å². The normalized spacial score (nSPS) is 19.6. The van der Waals surface area contributed by atoms with Gasteiger partial charge >= 0.3 is 0 Å². The Morgan fingerprint density at radius 1 is 1.03 bits per heavy atom. The molecule has 1 unspecified atom stereocenters. The monoisotopic (exact) mass is 574 g/mol. The maximum Gasteiger partial charge on any atom is 0.248 e. The minimum atomic E-state index is -3.48. The Kier molecular flexibility index (Phi) is 10.0. The van der Waals surface area contributed by atoms with Gasteiger partial charge in [0.05, 0.1) is 6.26 Å². The number of benzene rings is 2.